The normalized spacial score (nSPS) is 23.6. The second kappa shape index (κ2) is 4.53. The van der Waals surface area contributed by atoms with Gasteiger partial charge in [0.2, 0.25) is 5.89 Å². The van der Waals surface area contributed by atoms with Crippen LogP contribution < -0.4 is 0 Å². The average Bonchev–Trinajstić information content (AvgIpc) is 2.94. The molecule has 18 heavy (non-hydrogen) atoms. The highest BCUT2D eigenvalue weighted by Gasteiger charge is 2.28. The summed E-state index contributed by atoms with van der Waals surface area (Å²) in [5.41, 5.74) is 1.53. The molecule has 3 rings (SSSR count). The van der Waals surface area contributed by atoms with E-state index in [1.807, 2.05) is 31.2 Å². The second-order valence-corrected chi connectivity index (χ2v) is 4.79. The summed E-state index contributed by atoms with van der Waals surface area (Å²) >= 11 is 0. The molecular formula is C14H15NO3. The van der Waals surface area contributed by atoms with E-state index in [4.69, 9.17) is 9.15 Å². The summed E-state index contributed by atoms with van der Waals surface area (Å²) < 4.78 is 11.0. The van der Waals surface area contributed by atoms with Gasteiger partial charge in [0.25, 0.3) is 0 Å². The Morgan fingerprint density at radius 1 is 1.44 bits per heavy atom. The minimum atomic E-state index is -0.00462. The van der Waals surface area contributed by atoms with Crippen molar-refractivity contribution in [3.63, 3.8) is 0 Å². The first kappa shape index (κ1) is 11.4. The minimum absolute atomic E-state index is 0.00462. The standard InChI is InChI=1S/C14H15NO3/c1-9-6-10(8-17-9)12(16)7-14-15-11-4-2-3-5-13(11)18-14/h2-5,9-10H,6-8H2,1H3. The van der Waals surface area contributed by atoms with E-state index >= 15 is 0 Å². The highest BCUT2D eigenvalue weighted by molar-refractivity contribution is 5.83. The first-order valence-electron chi connectivity index (χ1n) is 6.21. The van der Waals surface area contributed by atoms with Crippen LogP contribution >= 0.6 is 0 Å². The van der Waals surface area contributed by atoms with Crippen LogP contribution in [0.1, 0.15) is 19.2 Å². The summed E-state index contributed by atoms with van der Waals surface area (Å²) in [6.45, 7) is 2.52. The zero-order valence-electron chi connectivity index (χ0n) is 10.3. The number of hydrogen-bond acceptors (Lipinski definition) is 4. The van der Waals surface area contributed by atoms with Gasteiger partial charge < -0.3 is 9.15 Å². The van der Waals surface area contributed by atoms with Crippen LogP contribution in [0.5, 0.6) is 0 Å². The highest BCUT2D eigenvalue weighted by atomic mass is 16.5. The molecule has 1 aliphatic heterocycles. The molecule has 0 saturated carbocycles. The maximum Gasteiger partial charge on any atom is 0.202 e. The van der Waals surface area contributed by atoms with Crippen LogP contribution in [0.2, 0.25) is 0 Å². The third kappa shape index (κ3) is 2.16. The van der Waals surface area contributed by atoms with Gasteiger partial charge in [-0.15, -0.1) is 0 Å². The van der Waals surface area contributed by atoms with E-state index in [0.717, 1.165) is 17.5 Å². The van der Waals surface area contributed by atoms with Crippen molar-refractivity contribution in [2.45, 2.75) is 25.9 Å². The van der Waals surface area contributed by atoms with E-state index in [1.165, 1.54) is 0 Å². The number of fused-ring (bicyclic) bond motifs is 1. The first-order valence-corrected chi connectivity index (χ1v) is 6.21. The molecule has 4 nitrogen and oxygen atoms in total. The summed E-state index contributed by atoms with van der Waals surface area (Å²) in [6, 6.07) is 7.54. The molecule has 1 aromatic carbocycles. The number of ether oxygens (including phenoxy) is 1. The minimum Gasteiger partial charge on any atom is -0.440 e. The molecule has 2 heterocycles. The van der Waals surface area contributed by atoms with Crippen molar-refractivity contribution < 1.29 is 13.9 Å². The van der Waals surface area contributed by atoms with Crippen molar-refractivity contribution >= 4 is 16.9 Å². The van der Waals surface area contributed by atoms with Gasteiger partial charge in [0.15, 0.2) is 5.58 Å². The van der Waals surface area contributed by atoms with Crippen molar-refractivity contribution in [1.82, 2.24) is 4.98 Å². The molecule has 1 fully saturated rings. The number of nitrogens with zero attached hydrogens (tertiary/aromatic N) is 1. The summed E-state index contributed by atoms with van der Waals surface area (Å²) in [5, 5.41) is 0. The average molecular weight is 245 g/mol. The SMILES string of the molecule is CC1CC(C(=O)Cc2nc3ccccc3o2)CO1. The molecule has 2 aromatic rings. The van der Waals surface area contributed by atoms with Gasteiger partial charge in [-0.3, -0.25) is 4.79 Å². The lowest BCUT2D eigenvalue weighted by Crippen LogP contribution is -2.17. The fourth-order valence-corrected chi connectivity index (χ4v) is 2.33. The number of ketones is 1. The molecule has 2 unspecified atom stereocenters. The summed E-state index contributed by atoms with van der Waals surface area (Å²) in [4.78, 5) is 16.4. The highest BCUT2D eigenvalue weighted by Crippen LogP contribution is 2.22. The number of aromatic nitrogens is 1. The first-order chi connectivity index (χ1) is 8.72. The number of carbonyl (C=O) groups is 1. The lowest BCUT2D eigenvalue weighted by atomic mass is 9.99. The molecule has 0 spiro atoms. The Labute approximate surface area is 105 Å². The molecule has 0 radical (unpaired) electrons. The van der Waals surface area contributed by atoms with Gasteiger partial charge in [-0.2, -0.15) is 0 Å². The molecule has 4 heteroatoms. The van der Waals surface area contributed by atoms with Crippen LogP contribution in [0.3, 0.4) is 0 Å². The van der Waals surface area contributed by atoms with E-state index in [2.05, 4.69) is 4.98 Å². The third-order valence-corrected chi connectivity index (χ3v) is 3.32. The van der Waals surface area contributed by atoms with Crippen LogP contribution in [0, 0.1) is 5.92 Å². The fraction of sp³-hybridized carbons (Fsp3) is 0.429. The number of benzene rings is 1. The molecule has 0 bridgehead atoms. The van der Waals surface area contributed by atoms with E-state index in [1.54, 1.807) is 0 Å². The summed E-state index contributed by atoms with van der Waals surface area (Å²) in [5.74, 6) is 0.654. The van der Waals surface area contributed by atoms with Crippen LogP contribution in [-0.2, 0) is 16.0 Å². The number of hydrogen-bond donors (Lipinski definition) is 0. The van der Waals surface area contributed by atoms with Gasteiger partial charge in [0.05, 0.1) is 19.1 Å². The number of carbonyl (C=O) groups excluding carboxylic acids is 1. The van der Waals surface area contributed by atoms with Gasteiger partial charge in [0.1, 0.15) is 11.3 Å². The van der Waals surface area contributed by atoms with Gasteiger partial charge in [0, 0.05) is 5.92 Å². The summed E-state index contributed by atoms with van der Waals surface area (Å²) in [7, 11) is 0. The lowest BCUT2D eigenvalue weighted by Gasteiger charge is -2.03. The van der Waals surface area contributed by atoms with Crippen LogP contribution in [0.15, 0.2) is 28.7 Å². The van der Waals surface area contributed by atoms with E-state index in [-0.39, 0.29) is 24.2 Å². The van der Waals surface area contributed by atoms with Crippen LogP contribution in [0.4, 0.5) is 0 Å². The van der Waals surface area contributed by atoms with Crippen LogP contribution in [-0.4, -0.2) is 23.5 Å². The van der Waals surface area contributed by atoms with Crippen molar-refractivity contribution in [2.75, 3.05) is 6.61 Å². The molecular weight excluding hydrogens is 230 g/mol. The molecule has 1 aromatic heterocycles. The Hall–Kier alpha value is -1.68. The zero-order valence-corrected chi connectivity index (χ0v) is 10.3. The monoisotopic (exact) mass is 245 g/mol. The van der Waals surface area contributed by atoms with Crippen LogP contribution in [0.25, 0.3) is 11.1 Å². The fourth-order valence-electron chi connectivity index (χ4n) is 2.33. The number of rotatable bonds is 3. The molecule has 0 aliphatic carbocycles. The Morgan fingerprint density at radius 2 is 2.28 bits per heavy atom. The Bertz CT molecular complexity index is 542. The molecule has 0 amide bonds. The quantitative estimate of drug-likeness (QED) is 0.833. The van der Waals surface area contributed by atoms with Crippen molar-refractivity contribution in [3.8, 4) is 0 Å². The smallest absolute Gasteiger partial charge is 0.202 e. The Morgan fingerprint density at radius 3 is 3.00 bits per heavy atom. The molecule has 2 atom stereocenters. The number of para-hydroxylation sites is 2. The maximum atomic E-state index is 12.1. The molecule has 0 N–H and O–H groups in total. The van der Waals surface area contributed by atoms with Crippen molar-refractivity contribution in [1.29, 1.82) is 0 Å². The third-order valence-electron chi connectivity index (χ3n) is 3.32. The van der Waals surface area contributed by atoms with Gasteiger partial charge in [-0.05, 0) is 25.5 Å². The molecule has 1 saturated heterocycles. The van der Waals surface area contributed by atoms with E-state index < -0.39 is 0 Å². The molecule has 1 aliphatic rings. The molecule has 94 valence electrons. The van der Waals surface area contributed by atoms with Gasteiger partial charge >= 0.3 is 0 Å². The van der Waals surface area contributed by atoms with Crippen molar-refractivity contribution in [2.24, 2.45) is 5.92 Å². The van der Waals surface area contributed by atoms with Gasteiger partial charge in [-0.25, -0.2) is 4.98 Å². The predicted molar refractivity (Wildman–Crippen MR) is 66.2 cm³/mol. The largest absolute Gasteiger partial charge is 0.440 e. The van der Waals surface area contributed by atoms with E-state index in [0.29, 0.717) is 12.5 Å². The van der Waals surface area contributed by atoms with E-state index in [9.17, 15) is 4.79 Å². The lowest BCUT2D eigenvalue weighted by molar-refractivity contribution is -0.122. The second-order valence-electron chi connectivity index (χ2n) is 4.79. The van der Waals surface area contributed by atoms with Crippen molar-refractivity contribution in [3.05, 3.63) is 30.2 Å². The Balaban J connectivity index is 1.74. The summed E-state index contributed by atoms with van der Waals surface area (Å²) in [6.07, 6.45) is 1.25. The maximum absolute atomic E-state index is 12.1. The number of Topliss-reactive ketones (excluding diaryl/α,β-unsaturated/α-hetero) is 1. The zero-order chi connectivity index (χ0) is 12.5. The number of oxazole rings is 1. The Kier molecular flexibility index (Phi) is 2.88. The van der Waals surface area contributed by atoms with Gasteiger partial charge in [-0.1, -0.05) is 12.1 Å². The topological polar surface area (TPSA) is 52.3 Å². The predicted octanol–water partition coefficient (Wildman–Crippen LogP) is 2.36.